The van der Waals surface area contributed by atoms with Crippen molar-refractivity contribution < 1.29 is 9.13 Å². The van der Waals surface area contributed by atoms with Gasteiger partial charge >= 0.3 is 5.69 Å². The Labute approximate surface area is 109 Å². The Morgan fingerprint density at radius 2 is 2.62 bits per heavy atom. The summed E-state index contributed by atoms with van der Waals surface area (Å²) in [7, 11) is 0. The highest BCUT2D eigenvalue weighted by atomic mass is 127. The number of aromatic nitrogens is 2. The first-order chi connectivity index (χ1) is 7.70. The summed E-state index contributed by atoms with van der Waals surface area (Å²) in [6.07, 6.45) is 1.12. The van der Waals surface area contributed by atoms with E-state index in [1.165, 1.54) is 4.57 Å². The molecule has 1 aromatic heterocycles. The molecule has 0 amide bonds. The highest BCUT2D eigenvalue weighted by Gasteiger charge is 2.18. The molecule has 1 aliphatic rings. The van der Waals surface area contributed by atoms with E-state index in [1.807, 2.05) is 0 Å². The van der Waals surface area contributed by atoms with Crippen LogP contribution >= 0.6 is 34.6 Å². The van der Waals surface area contributed by atoms with Gasteiger partial charge in [0.25, 0.3) is 0 Å². The Morgan fingerprint density at radius 3 is 3.25 bits per heavy atom. The van der Waals surface area contributed by atoms with Gasteiger partial charge in [0.2, 0.25) is 0 Å². The summed E-state index contributed by atoms with van der Waals surface area (Å²) in [6, 6.07) is 0. The fourth-order valence-corrected chi connectivity index (χ4v) is 2.59. The molecule has 1 saturated heterocycles. The predicted molar refractivity (Wildman–Crippen MR) is 68.3 cm³/mol. The summed E-state index contributed by atoms with van der Waals surface area (Å²) in [4.78, 5) is 15.1. The largest absolute Gasteiger partial charge is 0.365 e. The average Bonchev–Trinajstić information content (AvgIpc) is 2.75. The van der Waals surface area contributed by atoms with Crippen molar-refractivity contribution >= 4 is 40.4 Å². The van der Waals surface area contributed by atoms with Crippen LogP contribution in [0.1, 0.15) is 0 Å². The van der Waals surface area contributed by atoms with Crippen LogP contribution in [0.5, 0.6) is 0 Å². The van der Waals surface area contributed by atoms with Crippen molar-refractivity contribution in [1.29, 1.82) is 0 Å². The number of halogens is 2. The quantitative estimate of drug-likeness (QED) is 0.652. The Hall–Kier alpha value is -0.350. The van der Waals surface area contributed by atoms with Gasteiger partial charge in [-0.05, 0) is 0 Å². The van der Waals surface area contributed by atoms with E-state index in [9.17, 15) is 9.18 Å². The van der Waals surface area contributed by atoms with E-state index in [4.69, 9.17) is 4.74 Å². The zero-order chi connectivity index (χ0) is 11.5. The molecule has 0 aliphatic carbocycles. The van der Waals surface area contributed by atoms with E-state index in [2.05, 4.69) is 8.51 Å². The van der Waals surface area contributed by atoms with Crippen molar-refractivity contribution in [3.63, 3.8) is 0 Å². The second-order valence-electron chi connectivity index (χ2n) is 3.24. The van der Waals surface area contributed by atoms with Crippen LogP contribution in [0.3, 0.4) is 0 Å². The van der Waals surface area contributed by atoms with Gasteiger partial charge in [0.1, 0.15) is 0 Å². The smallest absolute Gasteiger partial charge is 0.349 e. The third-order valence-electron chi connectivity index (χ3n) is 2.13. The summed E-state index contributed by atoms with van der Waals surface area (Å²) in [5, 5.41) is 0. The highest BCUT2D eigenvalue weighted by molar-refractivity contribution is 14.1. The molecule has 1 unspecified atom stereocenters. The van der Waals surface area contributed by atoms with Gasteiger partial charge in [-0.15, -0.1) is 11.8 Å². The molecule has 5 nitrogen and oxygen atoms in total. The van der Waals surface area contributed by atoms with Crippen LogP contribution in [-0.2, 0) is 11.3 Å². The summed E-state index contributed by atoms with van der Waals surface area (Å²) < 4.78 is 22.4. The van der Waals surface area contributed by atoms with Crippen LogP contribution in [0.15, 0.2) is 11.0 Å². The summed E-state index contributed by atoms with van der Waals surface area (Å²) in [5.74, 6) is 0.867. The SMILES string of the molecule is O=c1nc(NI)c(F)cn1CC1CSCO1. The topological polar surface area (TPSA) is 56.2 Å². The minimum atomic E-state index is -0.542. The van der Waals surface area contributed by atoms with E-state index in [-0.39, 0.29) is 11.9 Å². The number of thioether (sulfide) groups is 1. The van der Waals surface area contributed by atoms with Gasteiger partial charge in [-0.1, -0.05) is 0 Å². The first kappa shape index (κ1) is 12.1. The molecular formula is C8H9FIN3O2S. The van der Waals surface area contributed by atoms with Gasteiger partial charge in [-0.2, -0.15) is 4.98 Å². The number of hydrogen-bond acceptors (Lipinski definition) is 5. The van der Waals surface area contributed by atoms with Crippen molar-refractivity contribution in [3.8, 4) is 0 Å². The molecular weight excluding hydrogens is 348 g/mol. The molecule has 1 atom stereocenters. The maximum absolute atomic E-state index is 13.4. The minimum Gasteiger partial charge on any atom is -0.365 e. The van der Waals surface area contributed by atoms with E-state index < -0.39 is 11.5 Å². The Bertz CT molecular complexity index is 436. The third-order valence-corrected chi connectivity index (χ3v) is 3.55. The van der Waals surface area contributed by atoms with Crippen molar-refractivity contribution in [2.75, 3.05) is 15.2 Å². The number of anilines is 1. The van der Waals surface area contributed by atoms with E-state index in [1.54, 1.807) is 34.6 Å². The van der Waals surface area contributed by atoms with Crippen molar-refractivity contribution in [3.05, 3.63) is 22.5 Å². The Kier molecular flexibility index (Phi) is 4.03. The van der Waals surface area contributed by atoms with E-state index in [0.717, 1.165) is 11.9 Å². The number of nitrogens with one attached hydrogen (secondary N) is 1. The first-order valence-electron chi connectivity index (χ1n) is 4.53. The van der Waals surface area contributed by atoms with Crippen LogP contribution in [0, 0.1) is 5.82 Å². The zero-order valence-corrected chi connectivity index (χ0v) is 11.1. The standard InChI is InChI=1S/C8H9FIN3O2S/c9-6-2-13(1-5-3-16-4-15-5)8(14)11-7(6)12-10/h2,5H,1,3-4H2,(H,11,12,14). The van der Waals surface area contributed by atoms with Crippen molar-refractivity contribution in [2.45, 2.75) is 12.6 Å². The summed E-state index contributed by atoms with van der Waals surface area (Å²) in [6.45, 7) is 0.345. The minimum absolute atomic E-state index is 0.0384. The molecule has 1 aliphatic heterocycles. The van der Waals surface area contributed by atoms with Crippen LogP contribution in [-0.4, -0.2) is 27.3 Å². The Morgan fingerprint density at radius 1 is 1.81 bits per heavy atom. The van der Waals surface area contributed by atoms with Gasteiger partial charge < -0.3 is 8.27 Å². The van der Waals surface area contributed by atoms with Crippen LogP contribution in [0.25, 0.3) is 0 Å². The molecule has 1 N–H and O–H groups in total. The second kappa shape index (κ2) is 5.32. The zero-order valence-electron chi connectivity index (χ0n) is 8.15. The van der Waals surface area contributed by atoms with Crippen molar-refractivity contribution in [1.82, 2.24) is 9.55 Å². The number of rotatable bonds is 3. The van der Waals surface area contributed by atoms with Gasteiger partial charge in [-0.25, -0.2) is 9.18 Å². The second-order valence-corrected chi connectivity index (χ2v) is 4.76. The van der Waals surface area contributed by atoms with Gasteiger partial charge in [0.15, 0.2) is 11.6 Å². The Balaban J connectivity index is 2.20. The molecule has 0 radical (unpaired) electrons. The van der Waals surface area contributed by atoms with Gasteiger partial charge in [-0.3, -0.25) is 4.57 Å². The third kappa shape index (κ3) is 2.66. The number of ether oxygens (including phenoxy) is 1. The molecule has 16 heavy (non-hydrogen) atoms. The monoisotopic (exact) mass is 357 g/mol. The number of hydrogen-bond donors (Lipinski definition) is 1. The van der Waals surface area contributed by atoms with E-state index >= 15 is 0 Å². The normalized spacial score (nSPS) is 20.0. The lowest BCUT2D eigenvalue weighted by molar-refractivity contribution is 0.108. The molecule has 0 bridgehead atoms. The lowest BCUT2D eigenvalue weighted by Gasteiger charge is -2.11. The lowest BCUT2D eigenvalue weighted by atomic mass is 10.4. The fraction of sp³-hybridized carbons (Fsp3) is 0.500. The molecule has 0 spiro atoms. The molecule has 0 aromatic carbocycles. The average molecular weight is 357 g/mol. The summed E-state index contributed by atoms with van der Waals surface area (Å²) >= 11 is 3.38. The molecule has 1 fully saturated rings. The molecule has 2 heterocycles. The van der Waals surface area contributed by atoms with Crippen LogP contribution in [0.4, 0.5) is 10.2 Å². The predicted octanol–water partition coefficient (Wildman–Crippen LogP) is 1.23. The molecule has 8 heteroatoms. The molecule has 0 saturated carbocycles. The first-order valence-corrected chi connectivity index (χ1v) is 6.77. The maximum atomic E-state index is 13.4. The molecule has 2 rings (SSSR count). The van der Waals surface area contributed by atoms with Crippen LogP contribution in [0.2, 0.25) is 0 Å². The maximum Gasteiger partial charge on any atom is 0.349 e. The highest BCUT2D eigenvalue weighted by Crippen LogP contribution is 2.17. The van der Waals surface area contributed by atoms with Crippen LogP contribution < -0.4 is 9.22 Å². The fourth-order valence-electron chi connectivity index (χ4n) is 1.36. The summed E-state index contributed by atoms with van der Waals surface area (Å²) in [5.41, 5.74) is -0.471. The molecule has 1 aromatic rings. The van der Waals surface area contributed by atoms with E-state index in [0.29, 0.717) is 12.5 Å². The van der Waals surface area contributed by atoms with Crippen molar-refractivity contribution in [2.24, 2.45) is 0 Å². The number of nitrogens with zero attached hydrogens (tertiary/aromatic N) is 2. The van der Waals surface area contributed by atoms with Gasteiger partial charge in [0.05, 0.1) is 41.5 Å². The van der Waals surface area contributed by atoms with Gasteiger partial charge in [0, 0.05) is 11.9 Å². The molecule has 88 valence electrons. The lowest BCUT2D eigenvalue weighted by Crippen LogP contribution is -2.29.